The van der Waals surface area contributed by atoms with E-state index in [1.165, 1.54) is 0 Å². The minimum atomic E-state index is -0.00991. The molecule has 0 fully saturated rings. The summed E-state index contributed by atoms with van der Waals surface area (Å²) < 4.78 is 0. The van der Waals surface area contributed by atoms with Crippen molar-refractivity contribution in [2.24, 2.45) is 5.41 Å². The molecule has 2 aromatic heterocycles. The monoisotopic (exact) mass is 267 g/mol. The Kier molecular flexibility index (Phi) is 3.08. The third kappa shape index (κ3) is 2.59. The van der Waals surface area contributed by atoms with Gasteiger partial charge in [-0.1, -0.05) is 19.9 Å². The third-order valence-electron chi connectivity index (χ3n) is 3.59. The predicted molar refractivity (Wildman–Crippen MR) is 75.5 cm³/mol. The Hall–Kier alpha value is -2.10. The number of ketones is 1. The fraction of sp³-hybridized carbons (Fsp3) is 0.375. The van der Waals surface area contributed by atoms with Gasteiger partial charge in [-0.05, 0) is 23.5 Å². The van der Waals surface area contributed by atoms with Crippen molar-refractivity contribution in [2.75, 3.05) is 0 Å². The van der Waals surface area contributed by atoms with Crippen LogP contribution in [0.1, 0.15) is 47.7 Å². The molecule has 0 radical (unpaired) electrons. The van der Waals surface area contributed by atoms with E-state index in [1.54, 1.807) is 12.4 Å². The van der Waals surface area contributed by atoms with Gasteiger partial charge in [0.1, 0.15) is 5.82 Å². The molecule has 2 heterocycles. The summed E-state index contributed by atoms with van der Waals surface area (Å²) in [7, 11) is 0. The van der Waals surface area contributed by atoms with Crippen LogP contribution in [-0.4, -0.2) is 20.7 Å². The van der Waals surface area contributed by atoms with Gasteiger partial charge in [0.2, 0.25) is 0 Å². The van der Waals surface area contributed by atoms with Gasteiger partial charge < -0.3 is 0 Å². The van der Waals surface area contributed by atoms with Crippen molar-refractivity contribution in [2.45, 2.75) is 33.1 Å². The SMILES string of the molecule is CC1(C)CC(=O)c2cnc(Cc3cccnc3)nc2C1. The molecule has 1 aliphatic rings. The maximum Gasteiger partial charge on any atom is 0.166 e. The minimum absolute atomic E-state index is 0.00991. The first-order valence-electron chi connectivity index (χ1n) is 6.80. The highest BCUT2D eigenvalue weighted by Crippen LogP contribution is 2.33. The molecule has 0 atom stereocenters. The number of pyridine rings is 1. The molecule has 3 rings (SSSR count). The van der Waals surface area contributed by atoms with E-state index in [1.807, 2.05) is 18.3 Å². The molecule has 0 bridgehead atoms. The first kappa shape index (κ1) is 12.9. The lowest BCUT2D eigenvalue weighted by Gasteiger charge is -2.29. The van der Waals surface area contributed by atoms with Crippen LogP contribution in [0.25, 0.3) is 0 Å². The van der Waals surface area contributed by atoms with Gasteiger partial charge in [-0.15, -0.1) is 0 Å². The van der Waals surface area contributed by atoms with Crippen LogP contribution in [0.15, 0.2) is 30.7 Å². The van der Waals surface area contributed by atoms with Gasteiger partial charge in [-0.2, -0.15) is 0 Å². The van der Waals surface area contributed by atoms with Gasteiger partial charge in [0.15, 0.2) is 5.78 Å². The van der Waals surface area contributed by atoms with Crippen molar-refractivity contribution >= 4 is 5.78 Å². The molecule has 0 unspecified atom stereocenters. The van der Waals surface area contributed by atoms with E-state index in [4.69, 9.17) is 0 Å². The van der Waals surface area contributed by atoms with Crippen LogP contribution in [0.5, 0.6) is 0 Å². The van der Waals surface area contributed by atoms with Crippen LogP contribution in [0.3, 0.4) is 0 Å². The molecule has 1 aliphatic carbocycles. The molecule has 0 saturated heterocycles. The first-order chi connectivity index (χ1) is 9.53. The summed E-state index contributed by atoms with van der Waals surface area (Å²) in [5.41, 5.74) is 2.65. The van der Waals surface area contributed by atoms with Crippen molar-refractivity contribution in [3.05, 3.63) is 53.4 Å². The van der Waals surface area contributed by atoms with Crippen molar-refractivity contribution < 1.29 is 4.79 Å². The second-order valence-corrected chi connectivity index (χ2v) is 6.13. The number of nitrogens with zero attached hydrogens (tertiary/aromatic N) is 3. The maximum atomic E-state index is 12.1. The van der Waals surface area contributed by atoms with Crippen LogP contribution in [0.4, 0.5) is 0 Å². The fourth-order valence-electron chi connectivity index (χ4n) is 2.64. The number of rotatable bonds is 2. The number of aromatic nitrogens is 3. The Morgan fingerprint density at radius 2 is 2.10 bits per heavy atom. The summed E-state index contributed by atoms with van der Waals surface area (Å²) in [5, 5.41) is 0. The lowest BCUT2D eigenvalue weighted by Crippen LogP contribution is -2.28. The molecule has 0 saturated carbocycles. The highest BCUT2D eigenvalue weighted by Gasteiger charge is 2.32. The zero-order chi connectivity index (χ0) is 14.2. The van der Waals surface area contributed by atoms with Crippen molar-refractivity contribution in [1.82, 2.24) is 15.0 Å². The minimum Gasteiger partial charge on any atom is -0.294 e. The Labute approximate surface area is 118 Å². The van der Waals surface area contributed by atoms with Gasteiger partial charge in [0, 0.05) is 31.4 Å². The normalized spacial score (nSPS) is 16.8. The quantitative estimate of drug-likeness (QED) is 0.839. The molecule has 2 aromatic rings. The Balaban J connectivity index is 1.91. The lowest BCUT2D eigenvalue weighted by molar-refractivity contribution is 0.0909. The van der Waals surface area contributed by atoms with E-state index in [0.29, 0.717) is 18.4 Å². The fourth-order valence-corrected chi connectivity index (χ4v) is 2.64. The van der Waals surface area contributed by atoms with Crippen LogP contribution in [-0.2, 0) is 12.8 Å². The standard InChI is InChI=1S/C16H17N3O/c1-16(2)7-13-12(14(20)8-16)10-18-15(19-13)6-11-4-3-5-17-9-11/h3-5,9-10H,6-8H2,1-2H3. The molecular formula is C16H17N3O. The highest BCUT2D eigenvalue weighted by molar-refractivity contribution is 5.98. The van der Waals surface area contributed by atoms with Gasteiger partial charge in [0.25, 0.3) is 0 Å². The lowest BCUT2D eigenvalue weighted by atomic mass is 9.76. The average Bonchev–Trinajstić information content (AvgIpc) is 2.38. The average molecular weight is 267 g/mol. The van der Waals surface area contributed by atoms with Gasteiger partial charge in [-0.3, -0.25) is 9.78 Å². The zero-order valence-corrected chi connectivity index (χ0v) is 11.8. The predicted octanol–water partition coefficient (Wildman–Crippen LogP) is 2.62. The van der Waals surface area contributed by atoms with Crippen molar-refractivity contribution in [3.63, 3.8) is 0 Å². The molecular weight excluding hydrogens is 250 g/mol. The van der Waals surface area contributed by atoms with Crippen molar-refractivity contribution in [1.29, 1.82) is 0 Å². The second-order valence-electron chi connectivity index (χ2n) is 6.13. The van der Waals surface area contributed by atoms with E-state index < -0.39 is 0 Å². The van der Waals surface area contributed by atoms with Crippen LogP contribution < -0.4 is 0 Å². The third-order valence-corrected chi connectivity index (χ3v) is 3.59. The van der Waals surface area contributed by atoms with Crippen LogP contribution in [0.2, 0.25) is 0 Å². The Morgan fingerprint density at radius 3 is 2.85 bits per heavy atom. The van der Waals surface area contributed by atoms with E-state index in [9.17, 15) is 4.79 Å². The molecule has 0 N–H and O–H groups in total. The van der Waals surface area contributed by atoms with E-state index in [2.05, 4.69) is 28.8 Å². The Bertz CT molecular complexity index is 650. The largest absolute Gasteiger partial charge is 0.294 e. The summed E-state index contributed by atoms with van der Waals surface area (Å²) in [5.74, 6) is 0.909. The van der Waals surface area contributed by atoms with E-state index in [0.717, 1.165) is 23.5 Å². The molecule has 4 heteroatoms. The number of carbonyl (C=O) groups is 1. The number of Topliss-reactive ketones (excluding diaryl/α,β-unsaturated/α-hetero) is 1. The van der Waals surface area contributed by atoms with Crippen LogP contribution >= 0.6 is 0 Å². The number of hydrogen-bond donors (Lipinski definition) is 0. The second kappa shape index (κ2) is 4.78. The first-order valence-corrected chi connectivity index (χ1v) is 6.80. The highest BCUT2D eigenvalue weighted by atomic mass is 16.1. The number of carbonyl (C=O) groups excluding carboxylic acids is 1. The maximum absolute atomic E-state index is 12.1. The summed E-state index contributed by atoms with van der Waals surface area (Å²) in [4.78, 5) is 25.1. The molecule has 20 heavy (non-hydrogen) atoms. The number of fused-ring (bicyclic) bond motifs is 1. The molecule has 102 valence electrons. The molecule has 0 amide bonds. The molecule has 0 aliphatic heterocycles. The molecule has 0 spiro atoms. The summed E-state index contributed by atoms with van der Waals surface area (Å²) in [6.07, 6.45) is 7.31. The zero-order valence-electron chi connectivity index (χ0n) is 11.8. The van der Waals surface area contributed by atoms with Gasteiger partial charge in [-0.25, -0.2) is 9.97 Å². The topological polar surface area (TPSA) is 55.7 Å². The van der Waals surface area contributed by atoms with Crippen LogP contribution in [0, 0.1) is 5.41 Å². The number of hydrogen-bond acceptors (Lipinski definition) is 4. The summed E-state index contributed by atoms with van der Waals surface area (Å²) >= 11 is 0. The molecule has 0 aromatic carbocycles. The summed E-state index contributed by atoms with van der Waals surface area (Å²) in [6.45, 7) is 4.22. The van der Waals surface area contributed by atoms with Gasteiger partial charge >= 0.3 is 0 Å². The van der Waals surface area contributed by atoms with E-state index in [-0.39, 0.29) is 11.2 Å². The van der Waals surface area contributed by atoms with Gasteiger partial charge in [0.05, 0.1) is 11.3 Å². The smallest absolute Gasteiger partial charge is 0.166 e. The van der Waals surface area contributed by atoms with Crippen molar-refractivity contribution in [3.8, 4) is 0 Å². The van der Waals surface area contributed by atoms with E-state index >= 15 is 0 Å². The Morgan fingerprint density at radius 1 is 1.25 bits per heavy atom. The molecule has 4 nitrogen and oxygen atoms in total. The summed E-state index contributed by atoms with van der Waals surface area (Å²) in [6, 6.07) is 3.91.